The molecule has 0 amide bonds. The maximum Gasteiger partial charge on any atom is 0.329 e. The first kappa shape index (κ1) is 24.2. The molecular weight excluding hydrogens is 529 g/mol. The van der Waals surface area contributed by atoms with Gasteiger partial charge in [-0.3, -0.25) is 0 Å². The van der Waals surface area contributed by atoms with Crippen molar-refractivity contribution in [1.29, 1.82) is 0 Å². The van der Waals surface area contributed by atoms with Gasteiger partial charge in [-0.1, -0.05) is 15.9 Å². The van der Waals surface area contributed by atoms with E-state index >= 15 is 0 Å². The van der Waals surface area contributed by atoms with Crippen molar-refractivity contribution in [1.82, 2.24) is 4.31 Å². The molecule has 1 heterocycles. The number of esters is 1. The predicted molar refractivity (Wildman–Crippen MR) is 126 cm³/mol. The van der Waals surface area contributed by atoms with Crippen LogP contribution in [0.4, 0.5) is 4.39 Å². The molecule has 4 rings (SSSR count). The van der Waals surface area contributed by atoms with Crippen molar-refractivity contribution >= 4 is 31.9 Å². The quantitative estimate of drug-likeness (QED) is 0.438. The van der Waals surface area contributed by atoms with Crippen LogP contribution in [0.3, 0.4) is 0 Å². The maximum absolute atomic E-state index is 13.6. The van der Waals surface area contributed by atoms with E-state index in [0.29, 0.717) is 27.1 Å². The minimum atomic E-state index is -4.12. The van der Waals surface area contributed by atoms with Crippen molar-refractivity contribution in [3.05, 3.63) is 82.1 Å². The number of sulfonamides is 1. The molecule has 3 aromatic carbocycles. The van der Waals surface area contributed by atoms with Gasteiger partial charge in [-0.15, -0.1) is 0 Å². The van der Waals surface area contributed by atoms with Gasteiger partial charge in [-0.2, -0.15) is 4.31 Å². The second-order valence-electron chi connectivity index (χ2n) is 7.51. The Morgan fingerprint density at radius 1 is 1.09 bits per heavy atom. The van der Waals surface area contributed by atoms with Crippen LogP contribution in [0.25, 0.3) is 0 Å². The van der Waals surface area contributed by atoms with Crippen LogP contribution in [-0.4, -0.2) is 37.0 Å². The summed E-state index contributed by atoms with van der Waals surface area (Å²) in [5.41, 5.74) is 0.867. The minimum Gasteiger partial charge on any atom is -0.508 e. The summed E-state index contributed by atoms with van der Waals surface area (Å²) in [6.45, 7) is 1.69. The van der Waals surface area contributed by atoms with E-state index in [2.05, 4.69) is 15.9 Å². The second kappa shape index (κ2) is 9.73. The topological polar surface area (TPSA) is 93.1 Å². The number of carbonyl (C=O) groups excluding carboxylic acids is 1. The summed E-state index contributed by atoms with van der Waals surface area (Å²) >= 11 is 3.39. The molecule has 0 spiro atoms. The Balaban J connectivity index is 1.68. The minimum absolute atomic E-state index is 0.00755. The summed E-state index contributed by atoms with van der Waals surface area (Å²) in [6, 6.07) is 13.0. The number of ether oxygens (including phenoxy) is 2. The van der Waals surface area contributed by atoms with E-state index in [1.54, 1.807) is 13.0 Å². The summed E-state index contributed by atoms with van der Waals surface area (Å²) < 4.78 is 52.7. The molecule has 0 fully saturated rings. The van der Waals surface area contributed by atoms with Crippen molar-refractivity contribution in [3.63, 3.8) is 0 Å². The lowest BCUT2D eigenvalue weighted by molar-refractivity contribution is -0.148. The lowest BCUT2D eigenvalue weighted by atomic mass is 9.93. The van der Waals surface area contributed by atoms with E-state index in [-0.39, 0.29) is 30.2 Å². The number of hydrogen-bond donors (Lipinski definition) is 1. The molecular formula is C24H21BrFNO6S. The Kier molecular flexibility index (Phi) is 6.92. The van der Waals surface area contributed by atoms with Crippen LogP contribution >= 0.6 is 15.9 Å². The molecule has 7 nitrogen and oxygen atoms in total. The Morgan fingerprint density at radius 2 is 1.71 bits per heavy atom. The highest BCUT2D eigenvalue weighted by molar-refractivity contribution is 9.10. The fraction of sp³-hybridized carbons (Fsp3) is 0.208. The Hall–Kier alpha value is -2.95. The molecule has 1 aliphatic rings. The van der Waals surface area contributed by atoms with Gasteiger partial charge in [-0.05, 0) is 74.0 Å². The van der Waals surface area contributed by atoms with Gasteiger partial charge in [0.1, 0.15) is 29.1 Å². The van der Waals surface area contributed by atoms with Crippen LogP contribution in [0.5, 0.6) is 17.2 Å². The van der Waals surface area contributed by atoms with E-state index in [1.165, 1.54) is 54.6 Å². The standard InChI is InChI=1S/C24H21BrFNO6S/c1-2-32-24(29)23-22-19(21(28)12-11-20(22)25)13-14-27(23)34(30,31)18-9-7-17(8-10-18)33-16-5-3-15(26)4-6-16/h3-12,23,28H,2,13-14H2,1H3. The molecule has 0 saturated heterocycles. The first-order chi connectivity index (χ1) is 16.2. The predicted octanol–water partition coefficient (Wildman–Crippen LogP) is 4.94. The zero-order valence-corrected chi connectivity index (χ0v) is 20.5. The number of phenolic OH excluding ortho intramolecular Hbond substituents is 1. The van der Waals surface area contributed by atoms with Crippen LogP contribution in [-0.2, 0) is 26.0 Å². The third kappa shape index (κ3) is 4.66. The van der Waals surface area contributed by atoms with Gasteiger partial charge in [0.15, 0.2) is 0 Å². The number of rotatable bonds is 6. The van der Waals surface area contributed by atoms with Gasteiger partial charge in [0, 0.05) is 22.1 Å². The van der Waals surface area contributed by atoms with Crippen LogP contribution in [0.1, 0.15) is 24.1 Å². The highest BCUT2D eigenvalue weighted by Crippen LogP contribution is 2.42. The number of benzene rings is 3. The third-order valence-corrected chi connectivity index (χ3v) is 7.98. The van der Waals surface area contributed by atoms with Crippen LogP contribution in [0.2, 0.25) is 0 Å². The molecule has 3 aromatic rings. The summed E-state index contributed by atoms with van der Waals surface area (Å²) in [4.78, 5) is 12.9. The van der Waals surface area contributed by atoms with Crippen LogP contribution in [0.15, 0.2) is 70.0 Å². The van der Waals surface area contributed by atoms with Crippen molar-refractivity contribution in [2.75, 3.05) is 13.2 Å². The monoisotopic (exact) mass is 549 g/mol. The molecule has 1 N–H and O–H groups in total. The summed E-state index contributed by atoms with van der Waals surface area (Å²) in [5, 5.41) is 10.3. The molecule has 0 aromatic heterocycles. The molecule has 178 valence electrons. The number of halogens is 2. The molecule has 1 unspecified atom stereocenters. The number of fused-ring (bicyclic) bond motifs is 1. The van der Waals surface area contributed by atoms with Crippen LogP contribution in [0, 0.1) is 5.82 Å². The van der Waals surface area contributed by atoms with Gasteiger partial charge in [0.25, 0.3) is 0 Å². The number of hydrogen-bond acceptors (Lipinski definition) is 6. The highest BCUT2D eigenvalue weighted by atomic mass is 79.9. The average molecular weight is 550 g/mol. The normalized spacial score (nSPS) is 16.0. The SMILES string of the molecule is CCOC(=O)C1c2c(Br)ccc(O)c2CCN1S(=O)(=O)c1ccc(Oc2ccc(F)cc2)cc1. The van der Waals surface area contributed by atoms with Crippen molar-refractivity contribution in [3.8, 4) is 17.2 Å². The van der Waals surface area contributed by atoms with Gasteiger partial charge >= 0.3 is 5.97 Å². The second-order valence-corrected chi connectivity index (χ2v) is 10.3. The van der Waals surface area contributed by atoms with E-state index in [0.717, 1.165) is 4.31 Å². The molecule has 1 atom stereocenters. The van der Waals surface area contributed by atoms with Crippen molar-refractivity contribution < 1.29 is 32.2 Å². The number of aromatic hydroxyl groups is 1. The molecule has 34 heavy (non-hydrogen) atoms. The zero-order valence-electron chi connectivity index (χ0n) is 18.1. The number of carbonyl (C=O) groups is 1. The Bertz CT molecular complexity index is 1310. The first-order valence-electron chi connectivity index (χ1n) is 10.4. The molecule has 0 aliphatic carbocycles. The van der Waals surface area contributed by atoms with Gasteiger partial charge in [-0.25, -0.2) is 17.6 Å². The van der Waals surface area contributed by atoms with Gasteiger partial charge in [0.05, 0.1) is 11.5 Å². The molecule has 0 radical (unpaired) electrons. The maximum atomic E-state index is 13.6. The van der Waals surface area contributed by atoms with Gasteiger partial charge in [0.2, 0.25) is 10.0 Å². The van der Waals surface area contributed by atoms with Crippen molar-refractivity contribution in [2.24, 2.45) is 0 Å². The lowest BCUT2D eigenvalue weighted by Gasteiger charge is -2.35. The molecule has 1 aliphatic heterocycles. The Labute approximate surface area is 204 Å². The molecule has 0 bridgehead atoms. The molecule has 10 heteroatoms. The van der Waals surface area contributed by atoms with Crippen molar-refractivity contribution in [2.45, 2.75) is 24.3 Å². The van der Waals surface area contributed by atoms with E-state index in [4.69, 9.17) is 9.47 Å². The Morgan fingerprint density at radius 3 is 2.32 bits per heavy atom. The fourth-order valence-electron chi connectivity index (χ4n) is 3.85. The van der Waals surface area contributed by atoms with E-state index in [1.807, 2.05) is 0 Å². The van der Waals surface area contributed by atoms with E-state index < -0.39 is 27.9 Å². The summed E-state index contributed by atoms with van der Waals surface area (Å²) in [7, 11) is -4.12. The van der Waals surface area contributed by atoms with Crippen LogP contribution < -0.4 is 4.74 Å². The smallest absolute Gasteiger partial charge is 0.329 e. The largest absolute Gasteiger partial charge is 0.508 e. The zero-order chi connectivity index (χ0) is 24.5. The summed E-state index contributed by atoms with van der Waals surface area (Å²) in [5.74, 6) is -0.365. The third-order valence-electron chi connectivity index (χ3n) is 5.41. The first-order valence-corrected chi connectivity index (χ1v) is 12.7. The summed E-state index contributed by atoms with van der Waals surface area (Å²) in [6.07, 6.45) is 0.224. The lowest BCUT2D eigenvalue weighted by Crippen LogP contribution is -2.44. The van der Waals surface area contributed by atoms with E-state index in [9.17, 15) is 22.7 Å². The number of phenols is 1. The highest BCUT2D eigenvalue weighted by Gasteiger charge is 2.43. The number of nitrogens with zero attached hydrogens (tertiary/aromatic N) is 1. The fourth-order valence-corrected chi connectivity index (χ4v) is 5.99. The van der Waals surface area contributed by atoms with Gasteiger partial charge < -0.3 is 14.6 Å². The average Bonchev–Trinajstić information content (AvgIpc) is 2.82. The molecule has 0 saturated carbocycles.